The number of nitrogens with zero attached hydrogens (tertiary/aromatic N) is 3. The second-order valence-electron chi connectivity index (χ2n) is 9.15. The minimum absolute atomic E-state index is 0.00147. The maximum absolute atomic E-state index is 13.0. The highest BCUT2D eigenvalue weighted by atomic mass is 16.5. The van der Waals surface area contributed by atoms with Gasteiger partial charge in [0.05, 0.1) is 24.1 Å². The molecule has 2 N–H and O–H groups in total. The van der Waals surface area contributed by atoms with Crippen LogP contribution in [0.3, 0.4) is 0 Å². The van der Waals surface area contributed by atoms with E-state index in [1.54, 1.807) is 21.9 Å². The molecule has 2 fully saturated rings. The Hall–Kier alpha value is -3.62. The summed E-state index contributed by atoms with van der Waals surface area (Å²) in [6.07, 6.45) is 10.2. The average molecular weight is 481 g/mol. The smallest absolute Gasteiger partial charge is 0.337 e. The SMILES string of the molecule is O=C(O)c1cncc(NC(=O)N2CCN(C(=O)c3cccc(OCCC4CCCCC4)c3)CC2)c1. The van der Waals surface area contributed by atoms with Crippen LogP contribution in [0.4, 0.5) is 10.5 Å². The van der Waals surface area contributed by atoms with Crippen molar-refractivity contribution >= 4 is 23.6 Å². The maximum Gasteiger partial charge on any atom is 0.337 e. The fraction of sp³-hybridized carbons (Fsp3) is 0.462. The number of hydrogen-bond donors (Lipinski definition) is 2. The quantitative estimate of drug-likeness (QED) is 0.617. The molecule has 1 saturated carbocycles. The molecule has 1 aliphatic heterocycles. The summed E-state index contributed by atoms with van der Waals surface area (Å²) in [7, 11) is 0. The molecule has 3 amide bonds. The number of anilines is 1. The van der Waals surface area contributed by atoms with Gasteiger partial charge in [-0.05, 0) is 36.6 Å². The summed E-state index contributed by atoms with van der Waals surface area (Å²) in [5.41, 5.74) is 0.891. The van der Waals surface area contributed by atoms with Gasteiger partial charge in [-0.3, -0.25) is 9.78 Å². The predicted octanol–water partition coefficient (Wildman–Crippen LogP) is 4.12. The topological polar surface area (TPSA) is 112 Å². The Morgan fingerprint density at radius 1 is 0.971 bits per heavy atom. The van der Waals surface area contributed by atoms with Gasteiger partial charge in [0.1, 0.15) is 5.75 Å². The van der Waals surface area contributed by atoms with Gasteiger partial charge in [-0.1, -0.05) is 38.2 Å². The van der Waals surface area contributed by atoms with Crippen molar-refractivity contribution in [2.24, 2.45) is 5.92 Å². The van der Waals surface area contributed by atoms with Gasteiger partial charge in [0, 0.05) is 37.9 Å². The minimum atomic E-state index is -1.11. The zero-order chi connectivity index (χ0) is 24.6. The van der Waals surface area contributed by atoms with Crippen molar-refractivity contribution in [2.45, 2.75) is 38.5 Å². The number of aromatic carboxylic acids is 1. The maximum atomic E-state index is 13.0. The van der Waals surface area contributed by atoms with Gasteiger partial charge in [0.2, 0.25) is 0 Å². The average Bonchev–Trinajstić information content (AvgIpc) is 2.89. The summed E-state index contributed by atoms with van der Waals surface area (Å²) >= 11 is 0. The van der Waals surface area contributed by atoms with Gasteiger partial charge in [-0.2, -0.15) is 0 Å². The number of carboxylic acids is 1. The molecule has 35 heavy (non-hydrogen) atoms. The van der Waals surface area contributed by atoms with E-state index < -0.39 is 5.97 Å². The first-order chi connectivity index (χ1) is 17.0. The number of pyridine rings is 1. The van der Waals surface area contributed by atoms with Crippen LogP contribution in [0.25, 0.3) is 0 Å². The van der Waals surface area contributed by atoms with E-state index in [-0.39, 0.29) is 17.5 Å². The van der Waals surface area contributed by atoms with Crippen molar-refractivity contribution in [1.82, 2.24) is 14.8 Å². The number of aromatic nitrogens is 1. The Morgan fingerprint density at radius 3 is 2.46 bits per heavy atom. The van der Waals surface area contributed by atoms with Crippen LogP contribution in [0.5, 0.6) is 5.75 Å². The number of benzene rings is 1. The third kappa shape index (κ3) is 6.71. The lowest BCUT2D eigenvalue weighted by Crippen LogP contribution is -2.51. The van der Waals surface area contributed by atoms with Crippen LogP contribution in [0.2, 0.25) is 0 Å². The molecule has 1 saturated heterocycles. The fourth-order valence-corrected chi connectivity index (χ4v) is 4.66. The third-order valence-corrected chi connectivity index (χ3v) is 6.69. The van der Waals surface area contributed by atoms with Gasteiger partial charge in [-0.25, -0.2) is 9.59 Å². The minimum Gasteiger partial charge on any atom is -0.494 e. The summed E-state index contributed by atoms with van der Waals surface area (Å²) in [6, 6.07) is 8.31. The van der Waals surface area contributed by atoms with E-state index in [4.69, 9.17) is 9.84 Å². The number of nitrogens with one attached hydrogen (secondary N) is 1. The molecule has 1 aromatic carbocycles. The van der Waals surface area contributed by atoms with E-state index in [1.807, 2.05) is 12.1 Å². The first kappa shape index (κ1) is 24.5. The van der Waals surface area contributed by atoms with Crippen molar-refractivity contribution in [3.8, 4) is 5.75 Å². The number of ether oxygens (including phenoxy) is 1. The Balaban J connectivity index is 1.25. The number of piperazine rings is 1. The first-order valence-corrected chi connectivity index (χ1v) is 12.3. The van der Waals surface area contributed by atoms with E-state index in [2.05, 4.69) is 10.3 Å². The summed E-state index contributed by atoms with van der Waals surface area (Å²) in [5, 5.41) is 11.7. The fourth-order valence-electron chi connectivity index (χ4n) is 4.66. The van der Waals surface area contributed by atoms with Gasteiger partial charge < -0.3 is 25.0 Å². The molecular weight excluding hydrogens is 448 g/mol. The highest BCUT2D eigenvalue weighted by molar-refractivity contribution is 5.95. The summed E-state index contributed by atoms with van der Waals surface area (Å²) < 4.78 is 5.94. The Morgan fingerprint density at radius 2 is 1.71 bits per heavy atom. The van der Waals surface area contributed by atoms with Crippen LogP contribution >= 0.6 is 0 Å². The van der Waals surface area contributed by atoms with E-state index in [9.17, 15) is 14.4 Å². The molecule has 0 radical (unpaired) electrons. The first-order valence-electron chi connectivity index (χ1n) is 12.3. The zero-order valence-corrected chi connectivity index (χ0v) is 19.8. The number of hydrogen-bond acceptors (Lipinski definition) is 5. The van der Waals surface area contributed by atoms with Gasteiger partial charge >= 0.3 is 12.0 Å². The molecule has 4 rings (SSSR count). The highest BCUT2D eigenvalue weighted by Crippen LogP contribution is 2.26. The summed E-state index contributed by atoms with van der Waals surface area (Å²) in [4.78, 5) is 43.9. The molecule has 0 atom stereocenters. The van der Waals surface area contributed by atoms with Crippen LogP contribution in [0, 0.1) is 5.92 Å². The molecule has 0 spiro atoms. The van der Waals surface area contributed by atoms with E-state index in [0.717, 1.165) is 12.3 Å². The van der Waals surface area contributed by atoms with E-state index in [0.29, 0.717) is 49.8 Å². The lowest BCUT2D eigenvalue weighted by Gasteiger charge is -2.34. The molecule has 2 aromatic rings. The molecule has 9 nitrogen and oxygen atoms in total. The summed E-state index contributed by atoms with van der Waals surface area (Å²) in [6.45, 7) is 2.24. The number of carbonyl (C=O) groups is 3. The van der Waals surface area contributed by atoms with Gasteiger partial charge in [0.25, 0.3) is 5.91 Å². The standard InChI is InChI=1S/C26H32N4O5/c31-24(20-7-4-8-23(16-20)35-14-9-19-5-2-1-3-6-19)29-10-12-30(13-11-29)26(34)28-22-15-21(25(32)33)17-27-18-22/h4,7-8,15-19H,1-3,5-6,9-14H2,(H,28,34)(H,32,33). The molecular formula is C26H32N4O5. The normalized spacial score (nSPS) is 16.6. The molecule has 0 unspecified atom stereocenters. The summed E-state index contributed by atoms with van der Waals surface area (Å²) in [5.74, 6) is 0.266. The van der Waals surface area contributed by atoms with Gasteiger partial charge in [0.15, 0.2) is 0 Å². The number of carboxylic acid groups (broad SMARTS) is 1. The number of urea groups is 1. The second-order valence-corrected chi connectivity index (χ2v) is 9.15. The van der Waals surface area contributed by atoms with Crippen LogP contribution in [-0.2, 0) is 0 Å². The third-order valence-electron chi connectivity index (χ3n) is 6.69. The van der Waals surface area contributed by atoms with E-state index >= 15 is 0 Å². The van der Waals surface area contributed by atoms with Crippen molar-refractivity contribution in [1.29, 1.82) is 0 Å². The predicted molar refractivity (Wildman–Crippen MR) is 131 cm³/mol. The molecule has 9 heteroatoms. The van der Waals surface area contributed by atoms with Crippen molar-refractivity contribution in [2.75, 3.05) is 38.1 Å². The molecule has 1 aliphatic carbocycles. The molecule has 0 bridgehead atoms. The zero-order valence-electron chi connectivity index (χ0n) is 19.8. The van der Waals surface area contributed by atoms with Crippen LogP contribution < -0.4 is 10.1 Å². The largest absolute Gasteiger partial charge is 0.494 e. The lowest BCUT2D eigenvalue weighted by atomic mass is 9.87. The molecule has 186 valence electrons. The monoisotopic (exact) mass is 480 g/mol. The molecule has 1 aromatic heterocycles. The Bertz CT molecular complexity index is 1050. The number of carbonyl (C=O) groups excluding carboxylic acids is 2. The Labute approximate surface area is 205 Å². The van der Waals surface area contributed by atoms with E-state index in [1.165, 1.54) is 50.6 Å². The van der Waals surface area contributed by atoms with Crippen molar-refractivity contribution < 1.29 is 24.2 Å². The highest BCUT2D eigenvalue weighted by Gasteiger charge is 2.25. The Kier molecular flexibility index (Phi) is 8.18. The molecule has 2 aliphatic rings. The number of rotatable bonds is 7. The van der Waals surface area contributed by atoms with Crippen LogP contribution in [0.15, 0.2) is 42.7 Å². The molecule has 2 heterocycles. The lowest BCUT2D eigenvalue weighted by molar-refractivity contribution is 0.0669. The van der Waals surface area contributed by atoms with Crippen LogP contribution in [-0.4, -0.2) is 70.6 Å². The number of amides is 3. The van der Waals surface area contributed by atoms with Crippen molar-refractivity contribution in [3.05, 3.63) is 53.9 Å². The van der Waals surface area contributed by atoms with Crippen molar-refractivity contribution in [3.63, 3.8) is 0 Å². The van der Waals surface area contributed by atoms with Crippen LogP contribution in [0.1, 0.15) is 59.2 Å². The van der Waals surface area contributed by atoms with Gasteiger partial charge in [-0.15, -0.1) is 0 Å². The second kappa shape index (κ2) is 11.7.